The smallest absolute Gasteiger partial charge is 0.298 e. The molecule has 0 radical (unpaired) electrons. The Morgan fingerprint density at radius 3 is 2.59 bits per heavy atom. The summed E-state index contributed by atoms with van der Waals surface area (Å²) in [5, 5.41) is 2.42. The zero-order valence-corrected chi connectivity index (χ0v) is 8.68. The van der Waals surface area contributed by atoms with E-state index in [0.717, 1.165) is 5.56 Å². The highest BCUT2D eigenvalue weighted by molar-refractivity contribution is 6.51. The fourth-order valence-corrected chi connectivity index (χ4v) is 1.66. The lowest BCUT2D eigenvalue weighted by molar-refractivity contribution is -0.112. The number of nitrogens with zero attached hydrogens (tertiary/aromatic N) is 2. The first-order valence-corrected chi connectivity index (χ1v) is 5.04. The first-order valence-electron chi connectivity index (χ1n) is 5.04. The number of benzene rings is 1. The number of ketones is 1. The van der Waals surface area contributed by atoms with Crippen LogP contribution in [0.25, 0.3) is 11.4 Å². The van der Waals surface area contributed by atoms with Crippen LogP contribution in [-0.2, 0) is 4.79 Å². The van der Waals surface area contributed by atoms with Crippen LogP contribution in [0.1, 0.15) is 10.4 Å². The second-order valence-corrected chi connectivity index (χ2v) is 3.61. The van der Waals surface area contributed by atoms with Crippen molar-refractivity contribution >= 4 is 17.5 Å². The van der Waals surface area contributed by atoms with Crippen LogP contribution >= 0.6 is 0 Å². The van der Waals surface area contributed by atoms with Crippen molar-refractivity contribution < 1.29 is 9.59 Å². The Balaban J connectivity index is 2.10. The van der Waals surface area contributed by atoms with Crippen molar-refractivity contribution in [2.24, 2.45) is 0 Å². The summed E-state index contributed by atoms with van der Waals surface area (Å²) in [6.07, 6.45) is 1.38. The summed E-state index contributed by atoms with van der Waals surface area (Å²) in [6.45, 7) is 0. The molecule has 5 heteroatoms. The minimum atomic E-state index is -0.653. The van der Waals surface area contributed by atoms with Crippen molar-refractivity contribution in [3.63, 3.8) is 0 Å². The number of hydrogen-bond donors (Lipinski definition) is 1. The molecule has 2 aromatic rings. The third-order valence-electron chi connectivity index (χ3n) is 2.50. The molecule has 0 saturated heterocycles. The number of Topliss-reactive ketones (excluding diaryl/α,β-unsaturated/α-hetero) is 1. The standard InChI is InChI=1S/C12H7N3O2/c16-9-8-6-13-10(7-4-2-1-3-5-7)14-11(8)15-12(9)17/h1-6H,(H,13,14,15,16,17). The normalized spacial score (nSPS) is 13.4. The average Bonchev–Trinajstić information content (AvgIpc) is 2.66. The lowest BCUT2D eigenvalue weighted by Crippen LogP contribution is -2.12. The molecule has 0 bridgehead atoms. The quantitative estimate of drug-likeness (QED) is 0.742. The largest absolute Gasteiger partial charge is 0.303 e. The van der Waals surface area contributed by atoms with E-state index < -0.39 is 11.7 Å². The van der Waals surface area contributed by atoms with Gasteiger partial charge in [0.1, 0.15) is 5.82 Å². The van der Waals surface area contributed by atoms with Gasteiger partial charge in [-0.1, -0.05) is 30.3 Å². The molecule has 1 aromatic carbocycles. The molecule has 0 atom stereocenters. The highest BCUT2D eigenvalue weighted by atomic mass is 16.2. The predicted molar refractivity (Wildman–Crippen MR) is 60.4 cm³/mol. The van der Waals surface area contributed by atoms with Gasteiger partial charge in [0.05, 0.1) is 5.56 Å². The fourth-order valence-electron chi connectivity index (χ4n) is 1.66. The molecule has 1 N–H and O–H groups in total. The first-order chi connectivity index (χ1) is 8.25. The highest BCUT2D eigenvalue weighted by Crippen LogP contribution is 2.23. The monoisotopic (exact) mass is 225 g/mol. The average molecular weight is 225 g/mol. The summed E-state index contributed by atoms with van der Waals surface area (Å²) in [5.74, 6) is -0.465. The number of rotatable bonds is 1. The van der Waals surface area contributed by atoms with Crippen molar-refractivity contribution in [3.8, 4) is 11.4 Å². The third kappa shape index (κ3) is 1.48. The number of carbonyl (C=O) groups excluding carboxylic acids is 2. The van der Waals surface area contributed by atoms with Crippen molar-refractivity contribution in [2.75, 3.05) is 5.32 Å². The van der Waals surface area contributed by atoms with Crippen LogP contribution in [-0.4, -0.2) is 21.7 Å². The number of hydrogen-bond acceptors (Lipinski definition) is 4. The van der Waals surface area contributed by atoms with Crippen LogP contribution in [0, 0.1) is 0 Å². The lowest BCUT2D eigenvalue weighted by Gasteiger charge is -2.01. The maximum Gasteiger partial charge on any atom is 0.298 e. The maximum atomic E-state index is 11.4. The number of carbonyl (C=O) groups is 2. The Morgan fingerprint density at radius 1 is 1.06 bits per heavy atom. The van der Waals surface area contributed by atoms with Gasteiger partial charge >= 0.3 is 0 Å². The van der Waals surface area contributed by atoms with Gasteiger partial charge in [-0.3, -0.25) is 9.59 Å². The molecule has 5 nitrogen and oxygen atoms in total. The Hall–Kier alpha value is -2.56. The van der Waals surface area contributed by atoms with Crippen molar-refractivity contribution in [2.45, 2.75) is 0 Å². The summed E-state index contributed by atoms with van der Waals surface area (Å²) in [6, 6.07) is 9.36. The van der Waals surface area contributed by atoms with Crippen LogP contribution in [0.5, 0.6) is 0 Å². The maximum absolute atomic E-state index is 11.4. The van der Waals surface area contributed by atoms with Crippen LogP contribution in [0.4, 0.5) is 5.82 Å². The first kappa shape index (κ1) is 9.65. The van der Waals surface area contributed by atoms with E-state index in [2.05, 4.69) is 15.3 Å². The molecule has 1 aliphatic heterocycles. The summed E-state index contributed by atoms with van der Waals surface area (Å²) >= 11 is 0. The molecular formula is C12H7N3O2. The SMILES string of the molecule is O=C1Nc2nc(-c3ccccc3)ncc2C1=O. The number of nitrogens with one attached hydrogen (secondary N) is 1. The third-order valence-corrected chi connectivity index (χ3v) is 2.50. The van der Waals surface area contributed by atoms with Crippen molar-refractivity contribution in [1.29, 1.82) is 0 Å². The zero-order chi connectivity index (χ0) is 11.8. The minimum Gasteiger partial charge on any atom is -0.303 e. The van der Waals surface area contributed by atoms with Crippen LogP contribution < -0.4 is 5.32 Å². The molecular weight excluding hydrogens is 218 g/mol. The van der Waals surface area contributed by atoms with E-state index in [9.17, 15) is 9.59 Å². The number of fused-ring (bicyclic) bond motifs is 1. The van der Waals surface area contributed by atoms with E-state index in [-0.39, 0.29) is 11.4 Å². The van der Waals surface area contributed by atoms with Crippen LogP contribution in [0.2, 0.25) is 0 Å². The van der Waals surface area contributed by atoms with E-state index in [0.29, 0.717) is 5.82 Å². The summed E-state index contributed by atoms with van der Waals surface area (Å²) in [7, 11) is 0. The Morgan fingerprint density at radius 2 is 1.82 bits per heavy atom. The summed E-state index contributed by atoms with van der Waals surface area (Å²) in [5.41, 5.74) is 1.07. The van der Waals surface area contributed by atoms with E-state index in [1.165, 1.54) is 6.20 Å². The van der Waals surface area contributed by atoms with Gasteiger partial charge in [-0.2, -0.15) is 0 Å². The Labute approximate surface area is 96.5 Å². The molecule has 0 fully saturated rings. The lowest BCUT2D eigenvalue weighted by atomic mass is 10.2. The van der Waals surface area contributed by atoms with Gasteiger partial charge in [0, 0.05) is 11.8 Å². The second-order valence-electron chi connectivity index (χ2n) is 3.61. The van der Waals surface area contributed by atoms with Gasteiger partial charge in [0.15, 0.2) is 5.82 Å². The topological polar surface area (TPSA) is 72.0 Å². The Kier molecular flexibility index (Phi) is 1.98. The molecule has 1 aromatic heterocycles. The molecule has 0 aliphatic carbocycles. The molecule has 1 amide bonds. The molecule has 2 heterocycles. The van der Waals surface area contributed by atoms with Gasteiger partial charge in [-0.15, -0.1) is 0 Å². The molecule has 0 saturated carbocycles. The Bertz CT molecular complexity index is 623. The van der Waals surface area contributed by atoms with Gasteiger partial charge in [0.25, 0.3) is 11.7 Å². The molecule has 0 unspecified atom stereocenters. The molecule has 3 rings (SSSR count). The van der Waals surface area contributed by atoms with Gasteiger partial charge < -0.3 is 5.32 Å². The number of anilines is 1. The van der Waals surface area contributed by atoms with Gasteiger partial charge in [-0.05, 0) is 0 Å². The van der Waals surface area contributed by atoms with Crippen LogP contribution in [0.15, 0.2) is 36.5 Å². The van der Waals surface area contributed by atoms with Crippen molar-refractivity contribution in [3.05, 3.63) is 42.1 Å². The van der Waals surface area contributed by atoms with E-state index in [1.807, 2.05) is 30.3 Å². The van der Waals surface area contributed by atoms with Crippen molar-refractivity contribution in [1.82, 2.24) is 9.97 Å². The summed E-state index contributed by atoms with van der Waals surface area (Å²) < 4.78 is 0. The molecule has 82 valence electrons. The molecule has 0 spiro atoms. The van der Waals surface area contributed by atoms with E-state index in [4.69, 9.17) is 0 Å². The number of aromatic nitrogens is 2. The predicted octanol–water partition coefficient (Wildman–Crippen LogP) is 1.28. The molecule has 17 heavy (non-hydrogen) atoms. The second kappa shape index (κ2) is 3.48. The van der Waals surface area contributed by atoms with Crippen LogP contribution in [0.3, 0.4) is 0 Å². The fraction of sp³-hybridized carbons (Fsp3) is 0. The molecule has 1 aliphatic rings. The number of amides is 1. The zero-order valence-electron chi connectivity index (χ0n) is 8.68. The van der Waals surface area contributed by atoms with E-state index in [1.54, 1.807) is 0 Å². The summed E-state index contributed by atoms with van der Waals surface area (Å²) in [4.78, 5) is 30.7. The minimum absolute atomic E-state index is 0.231. The van der Waals surface area contributed by atoms with Gasteiger partial charge in [0.2, 0.25) is 0 Å². The van der Waals surface area contributed by atoms with E-state index >= 15 is 0 Å². The highest BCUT2D eigenvalue weighted by Gasteiger charge is 2.29. The van der Waals surface area contributed by atoms with Gasteiger partial charge in [-0.25, -0.2) is 9.97 Å².